The normalized spacial score (nSPS) is 10.9. The molecule has 0 aromatic carbocycles. The molecule has 0 radical (unpaired) electrons. The Morgan fingerprint density at radius 3 is 2.25 bits per heavy atom. The Labute approximate surface area is 47.1 Å². The van der Waals surface area contributed by atoms with Crippen molar-refractivity contribution in [3.8, 4) is 12.1 Å². The Morgan fingerprint density at radius 2 is 2.12 bits per heavy atom. The minimum atomic E-state index is -1.33. The van der Waals surface area contributed by atoms with E-state index in [0.717, 1.165) is 0 Å². The standard InChI is InChI=1S/C5H4N2O/c1-4(2-6)5(8)3-7/h5,8H,1H2. The van der Waals surface area contributed by atoms with Crippen LogP contribution in [0.15, 0.2) is 12.2 Å². The molecule has 1 atom stereocenters. The average molecular weight is 108 g/mol. The summed E-state index contributed by atoms with van der Waals surface area (Å²) in [5.41, 5.74) is -0.118. The largest absolute Gasteiger partial charge is 0.373 e. The zero-order valence-electron chi connectivity index (χ0n) is 4.13. The Bertz CT molecular complexity index is 172. The predicted molar refractivity (Wildman–Crippen MR) is 26.4 cm³/mol. The quantitative estimate of drug-likeness (QED) is 0.378. The third kappa shape index (κ3) is 1.42. The molecule has 0 aliphatic rings. The fraction of sp³-hybridized carbons (Fsp3) is 0.200. The topological polar surface area (TPSA) is 67.8 Å². The summed E-state index contributed by atoms with van der Waals surface area (Å²) in [7, 11) is 0. The molecule has 0 fully saturated rings. The minimum Gasteiger partial charge on any atom is -0.373 e. The number of nitriles is 2. The van der Waals surface area contributed by atoms with Gasteiger partial charge in [0.1, 0.15) is 0 Å². The first-order chi connectivity index (χ1) is 3.72. The van der Waals surface area contributed by atoms with Gasteiger partial charge in [0.2, 0.25) is 0 Å². The first kappa shape index (κ1) is 6.68. The van der Waals surface area contributed by atoms with Crippen molar-refractivity contribution in [2.24, 2.45) is 0 Å². The highest BCUT2D eigenvalue weighted by atomic mass is 16.3. The number of aliphatic hydroxyl groups is 1. The molecule has 0 saturated carbocycles. The summed E-state index contributed by atoms with van der Waals surface area (Å²) < 4.78 is 0. The van der Waals surface area contributed by atoms with Gasteiger partial charge in [0.25, 0.3) is 0 Å². The molecular weight excluding hydrogens is 104 g/mol. The molecule has 3 heteroatoms. The van der Waals surface area contributed by atoms with Crippen molar-refractivity contribution in [2.75, 3.05) is 0 Å². The third-order valence-corrected chi connectivity index (χ3v) is 0.596. The van der Waals surface area contributed by atoms with Gasteiger partial charge in [-0.1, -0.05) is 6.58 Å². The molecule has 0 aliphatic carbocycles. The van der Waals surface area contributed by atoms with E-state index >= 15 is 0 Å². The maximum atomic E-state index is 8.44. The molecule has 1 unspecified atom stereocenters. The molecule has 0 rings (SSSR count). The van der Waals surface area contributed by atoms with Crippen LogP contribution in [0.1, 0.15) is 0 Å². The van der Waals surface area contributed by atoms with Crippen molar-refractivity contribution in [3.05, 3.63) is 12.2 Å². The molecule has 0 heterocycles. The van der Waals surface area contributed by atoms with Gasteiger partial charge < -0.3 is 5.11 Å². The van der Waals surface area contributed by atoms with Crippen LogP contribution in [-0.4, -0.2) is 11.2 Å². The molecule has 0 aromatic heterocycles. The number of nitrogens with zero attached hydrogens (tertiary/aromatic N) is 2. The van der Waals surface area contributed by atoms with Gasteiger partial charge in [-0.25, -0.2) is 0 Å². The highest BCUT2D eigenvalue weighted by molar-refractivity contribution is 5.25. The van der Waals surface area contributed by atoms with Crippen LogP contribution in [0.2, 0.25) is 0 Å². The van der Waals surface area contributed by atoms with E-state index in [2.05, 4.69) is 6.58 Å². The third-order valence-electron chi connectivity index (χ3n) is 0.596. The second-order valence-electron chi connectivity index (χ2n) is 1.17. The lowest BCUT2D eigenvalue weighted by Crippen LogP contribution is -2.02. The lowest BCUT2D eigenvalue weighted by molar-refractivity contribution is 0.271. The van der Waals surface area contributed by atoms with Gasteiger partial charge in [-0.3, -0.25) is 0 Å². The van der Waals surface area contributed by atoms with E-state index in [-0.39, 0.29) is 5.57 Å². The molecule has 3 nitrogen and oxygen atoms in total. The lowest BCUT2D eigenvalue weighted by atomic mass is 10.2. The molecule has 0 bridgehead atoms. The minimum absolute atomic E-state index is 0.118. The van der Waals surface area contributed by atoms with Crippen molar-refractivity contribution in [1.82, 2.24) is 0 Å². The molecular formula is C5H4N2O. The second kappa shape index (κ2) is 2.79. The van der Waals surface area contributed by atoms with E-state index in [0.29, 0.717) is 0 Å². The van der Waals surface area contributed by atoms with Gasteiger partial charge in [0.15, 0.2) is 6.10 Å². The predicted octanol–water partition coefficient (Wildman–Crippen LogP) is -0.0493. The fourth-order valence-electron chi connectivity index (χ4n) is 0.139. The van der Waals surface area contributed by atoms with E-state index in [1.165, 1.54) is 6.07 Å². The van der Waals surface area contributed by atoms with Crippen molar-refractivity contribution >= 4 is 0 Å². The van der Waals surface area contributed by atoms with Gasteiger partial charge in [0, 0.05) is 0 Å². The summed E-state index contributed by atoms with van der Waals surface area (Å²) in [4.78, 5) is 0. The van der Waals surface area contributed by atoms with Crippen LogP contribution < -0.4 is 0 Å². The van der Waals surface area contributed by atoms with Crippen LogP contribution in [0.5, 0.6) is 0 Å². The van der Waals surface area contributed by atoms with Crippen LogP contribution in [0, 0.1) is 22.7 Å². The van der Waals surface area contributed by atoms with Crippen molar-refractivity contribution < 1.29 is 5.11 Å². The van der Waals surface area contributed by atoms with Gasteiger partial charge in [-0.2, -0.15) is 10.5 Å². The second-order valence-corrected chi connectivity index (χ2v) is 1.17. The smallest absolute Gasteiger partial charge is 0.175 e. The number of hydrogen-bond acceptors (Lipinski definition) is 3. The molecule has 0 spiro atoms. The van der Waals surface area contributed by atoms with Crippen molar-refractivity contribution in [2.45, 2.75) is 6.10 Å². The summed E-state index contributed by atoms with van der Waals surface area (Å²) in [6.07, 6.45) is -1.33. The van der Waals surface area contributed by atoms with Gasteiger partial charge >= 0.3 is 0 Å². The SMILES string of the molecule is C=C(C#N)C(O)C#N. The molecule has 0 aromatic rings. The average Bonchev–Trinajstić information content (AvgIpc) is 1.84. The van der Waals surface area contributed by atoms with Gasteiger partial charge in [-0.05, 0) is 0 Å². The first-order valence-electron chi connectivity index (χ1n) is 1.89. The van der Waals surface area contributed by atoms with Crippen LogP contribution in [0.3, 0.4) is 0 Å². The Hall–Kier alpha value is -1.32. The summed E-state index contributed by atoms with van der Waals surface area (Å²) in [5.74, 6) is 0. The zero-order chi connectivity index (χ0) is 6.57. The van der Waals surface area contributed by atoms with Crippen LogP contribution >= 0.6 is 0 Å². The summed E-state index contributed by atoms with van der Waals surface area (Å²) in [5, 5.41) is 24.3. The maximum absolute atomic E-state index is 8.44. The van der Waals surface area contributed by atoms with Crippen LogP contribution in [-0.2, 0) is 0 Å². The van der Waals surface area contributed by atoms with E-state index in [1.54, 1.807) is 6.07 Å². The zero-order valence-corrected chi connectivity index (χ0v) is 4.13. The maximum Gasteiger partial charge on any atom is 0.175 e. The fourth-order valence-corrected chi connectivity index (χ4v) is 0.139. The molecule has 40 valence electrons. The molecule has 0 saturated heterocycles. The summed E-state index contributed by atoms with van der Waals surface area (Å²) >= 11 is 0. The monoisotopic (exact) mass is 108 g/mol. The van der Waals surface area contributed by atoms with E-state index < -0.39 is 6.10 Å². The highest BCUT2D eigenvalue weighted by Gasteiger charge is 2.02. The molecule has 1 N–H and O–H groups in total. The van der Waals surface area contributed by atoms with Crippen molar-refractivity contribution in [1.29, 1.82) is 10.5 Å². The molecule has 0 amide bonds. The Morgan fingerprint density at radius 1 is 1.62 bits per heavy atom. The number of rotatable bonds is 1. The summed E-state index contributed by atoms with van der Waals surface area (Å²) in [6, 6.07) is 3.00. The van der Waals surface area contributed by atoms with E-state index in [1.807, 2.05) is 0 Å². The molecule has 8 heavy (non-hydrogen) atoms. The van der Waals surface area contributed by atoms with E-state index in [4.69, 9.17) is 15.6 Å². The van der Waals surface area contributed by atoms with Gasteiger partial charge in [0.05, 0.1) is 17.7 Å². The number of aliphatic hydroxyl groups excluding tert-OH is 1. The Kier molecular flexibility index (Phi) is 2.33. The van der Waals surface area contributed by atoms with Crippen LogP contribution in [0.4, 0.5) is 0 Å². The van der Waals surface area contributed by atoms with Gasteiger partial charge in [-0.15, -0.1) is 0 Å². The Balaban J connectivity index is 3.93. The highest BCUT2D eigenvalue weighted by Crippen LogP contribution is 1.92. The number of hydrogen-bond donors (Lipinski definition) is 1. The first-order valence-corrected chi connectivity index (χ1v) is 1.89. The molecule has 0 aliphatic heterocycles. The lowest BCUT2D eigenvalue weighted by Gasteiger charge is -1.90. The van der Waals surface area contributed by atoms with Crippen molar-refractivity contribution in [3.63, 3.8) is 0 Å². The van der Waals surface area contributed by atoms with Crippen LogP contribution in [0.25, 0.3) is 0 Å². The van der Waals surface area contributed by atoms with E-state index in [9.17, 15) is 0 Å². The summed E-state index contributed by atoms with van der Waals surface area (Å²) in [6.45, 7) is 3.11.